The first-order valence-corrected chi connectivity index (χ1v) is 4.54. The Morgan fingerprint density at radius 3 is 2.47 bits per heavy atom. The van der Waals surface area contributed by atoms with Crippen LogP contribution in [0.5, 0.6) is 0 Å². The van der Waals surface area contributed by atoms with Crippen LogP contribution in [0.4, 0.5) is 0 Å². The van der Waals surface area contributed by atoms with Crippen molar-refractivity contribution in [2.75, 3.05) is 0 Å². The zero-order valence-corrected chi connectivity index (χ0v) is 7.94. The van der Waals surface area contributed by atoms with Crippen molar-refractivity contribution in [1.29, 1.82) is 0 Å². The summed E-state index contributed by atoms with van der Waals surface area (Å²) in [6.07, 6.45) is 0.668. The van der Waals surface area contributed by atoms with Crippen LogP contribution in [0, 0.1) is 0 Å². The molecule has 0 atom stereocenters. The number of pyridine rings is 1. The fourth-order valence-corrected chi connectivity index (χ4v) is 1.41. The summed E-state index contributed by atoms with van der Waals surface area (Å²) in [6.45, 7) is 0. The molecule has 1 heterocycles. The Morgan fingerprint density at radius 2 is 1.80 bits per heavy atom. The maximum absolute atomic E-state index is 11.2. The minimum absolute atomic E-state index is 0.265. The monoisotopic (exact) mass is 199 g/mol. The highest BCUT2D eigenvalue weighted by molar-refractivity contribution is 5.77. The number of hydrogen-bond acceptors (Lipinski definition) is 2. The lowest BCUT2D eigenvalue weighted by Crippen LogP contribution is -2.06. The molecule has 3 nitrogen and oxygen atoms in total. The highest BCUT2D eigenvalue weighted by Gasteiger charge is 2.00. The van der Waals surface area contributed by atoms with Crippen LogP contribution in [-0.2, 0) is 0 Å². The molecule has 74 valence electrons. The minimum Gasteiger partial charge on any atom is -0.322 e. The average Bonchev–Trinajstić information content (AvgIpc) is 2.29. The van der Waals surface area contributed by atoms with Crippen molar-refractivity contribution in [2.45, 2.75) is 0 Å². The molecule has 2 aromatic rings. The van der Waals surface area contributed by atoms with Crippen LogP contribution in [0.1, 0.15) is 10.4 Å². The summed E-state index contributed by atoms with van der Waals surface area (Å²) in [5.74, 6) is 0. The van der Waals surface area contributed by atoms with Gasteiger partial charge in [-0.05, 0) is 11.6 Å². The number of carbonyl (C=O) groups is 1. The van der Waals surface area contributed by atoms with Crippen molar-refractivity contribution in [3.8, 4) is 11.3 Å². The van der Waals surface area contributed by atoms with Gasteiger partial charge in [-0.3, -0.25) is 9.59 Å². The molecule has 0 bridgehead atoms. The second-order valence-electron chi connectivity index (χ2n) is 3.18. The molecule has 0 unspecified atom stereocenters. The Morgan fingerprint density at radius 1 is 1.07 bits per heavy atom. The molecular weight excluding hydrogens is 190 g/mol. The molecule has 0 aliphatic heterocycles. The summed E-state index contributed by atoms with van der Waals surface area (Å²) >= 11 is 0. The van der Waals surface area contributed by atoms with Crippen molar-refractivity contribution < 1.29 is 4.79 Å². The van der Waals surface area contributed by atoms with Crippen molar-refractivity contribution >= 4 is 6.29 Å². The zero-order valence-electron chi connectivity index (χ0n) is 7.94. The van der Waals surface area contributed by atoms with E-state index in [0.29, 0.717) is 17.5 Å². The first-order chi connectivity index (χ1) is 7.29. The predicted molar refractivity (Wildman–Crippen MR) is 57.9 cm³/mol. The Labute approximate surface area is 86.4 Å². The van der Waals surface area contributed by atoms with Crippen molar-refractivity contribution in [3.05, 3.63) is 58.4 Å². The van der Waals surface area contributed by atoms with E-state index in [1.165, 1.54) is 6.07 Å². The SMILES string of the molecule is O=Cc1cc(-c2ccccc2)[nH]c(=O)c1. The van der Waals surface area contributed by atoms with Gasteiger partial charge in [-0.15, -0.1) is 0 Å². The number of benzene rings is 1. The van der Waals surface area contributed by atoms with Gasteiger partial charge in [0.15, 0.2) is 0 Å². The maximum atomic E-state index is 11.2. The standard InChI is InChI=1S/C12H9NO2/c14-8-9-6-11(13-12(15)7-9)10-4-2-1-3-5-10/h1-8H,(H,13,15). The van der Waals surface area contributed by atoms with Gasteiger partial charge in [0.05, 0.1) is 0 Å². The summed E-state index contributed by atoms with van der Waals surface area (Å²) < 4.78 is 0. The van der Waals surface area contributed by atoms with Gasteiger partial charge in [-0.25, -0.2) is 0 Å². The molecule has 3 heteroatoms. The molecule has 0 radical (unpaired) electrons. The number of carbonyl (C=O) groups excluding carboxylic acids is 1. The van der Waals surface area contributed by atoms with E-state index >= 15 is 0 Å². The molecule has 0 aliphatic carbocycles. The Kier molecular flexibility index (Phi) is 2.46. The molecule has 0 fully saturated rings. The topological polar surface area (TPSA) is 49.9 Å². The molecule has 0 spiro atoms. The summed E-state index contributed by atoms with van der Waals surface area (Å²) in [5.41, 5.74) is 1.67. The second kappa shape index (κ2) is 3.92. The van der Waals surface area contributed by atoms with Crippen LogP contribution < -0.4 is 5.56 Å². The fraction of sp³-hybridized carbons (Fsp3) is 0. The third-order valence-electron chi connectivity index (χ3n) is 2.09. The van der Waals surface area contributed by atoms with Gasteiger partial charge in [0.1, 0.15) is 6.29 Å². The normalized spacial score (nSPS) is 9.87. The van der Waals surface area contributed by atoms with E-state index in [1.807, 2.05) is 30.3 Å². The molecule has 15 heavy (non-hydrogen) atoms. The van der Waals surface area contributed by atoms with Crippen LogP contribution in [0.2, 0.25) is 0 Å². The second-order valence-corrected chi connectivity index (χ2v) is 3.18. The number of hydrogen-bond donors (Lipinski definition) is 1. The van der Waals surface area contributed by atoms with Gasteiger partial charge < -0.3 is 4.98 Å². The third-order valence-corrected chi connectivity index (χ3v) is 2.09. The van der Waals surface area contributed by atoms with Crippen LogP contribution in [0.25, 0.3) is 11.3 Å². The Balaban J connectivity index is 2.59. The zero-order chi connectivity index (χ0) is 10.7. The molecule has 1 aromatic carbocycles. The molecule has 0 saturated heterocycles. The maximum Gasteiger partial charge on any atom is 0.249 e. The lowest BCUT2D eigenvalue weighted by molar-refractivity contribution is 0.112. The molecule has 0 aliphatic rings. The minimum atomic E-state index is -0.265. The lowest BCUT2D eigenvalue weighted by Gasteiger charge is -2.01. The van der Waals surface area contributed by atoms with E-state index in [2.05, 4.69) is 4.98 Å². The Hall–Kier alpha value is -2.16. The number of aldehydes is 1. The third kappa shape index (κ3) is 2.02. The largest absolute Gasteiger partial charge is 0.322 e. The first-order valence-electron chi connectivity index (χ1n) is 4.54. The van der Waals surface area contributed by atoms with Gasteiger partial charge in [0.2, 0.25) is 5.56 Å². The van der Waals surface area contributed by atoms with Crippen LogP contribution in [-0.4, -0.2) is 11.3 Å². The predicted octanol–water partition coefficient (Wildman–Crippen LogP) is 1.85. The van der Waals surface area contributed by atoms with E-state index in [-0.39, 0.29) is 5.56 Å². The number of H-pyrrole nitrogens is 1. The van der Waals surface area contributed by atoms with E-state index in [0.717, 1.165) is 5.56 Å². The summed E-state index contributed by atoms with van der Waals surface area (Å²) in [7, 11) is 0. The van der Waals surface area contributed by atoms with Crippen molar-refractivity contribution in [1.82, 2.24) is 4.98 Å². The van der Waals surface area contributed by atoms with Crippen molar-refractivity contribution in [3.63, 3.8) is 0 Å². The molecule has 2 rings (SSSR count). The summed E-state index contributed by atoms with van der Waals surface area (Å²) in [5, 5.41) is 0. The van der Waals surface area contributed by atoms with Gasteiger partial charge in [-0.2, -0.15) is 0 Å². The molecule has 1 aromatic heterocycles. The van der Waals surface area contributed by atoms with Gasteiger partial charge in [0.25, 0.3) is 0 Å². The number of nitrogens with one attached hydrogen (secondary N) is 1. The molecule has 1 N–H and O–H groups in total. The first kappa shape index (κ1) is 9.40. The number of aromatic amines is 1. The number of rotatable bonds is 2. The van der Waals surface area contributed by atoms with E-state index < -0.39 is 0 Å². The Bertz CT molecular complexity index is 529. The van der Waals surface area contributed by atoms with Gasteiger partial charge >= 0.3 is 0 Å². The van der Waals surface area contributed by atoms with Gasteiger partial charge in [0, 0.05) is 17.3 Å². The lowest BCUT2D eigenvalue weighted by atomic mass is 10.1. The van der Waals surface area contributed by atoms with E-state index in [9.17, 15) is 9.59 Å². The highest BCUT2D eigenvalue weighted by atomic mass is 16.1. The molecule has 0 saturated carbocycles. The van der Waals surface area contributed by atoms with E-state index in [1.54, 1.807) is 6.07 Å². The van der Waals surface area contributed by atoms with Crippen LogP contribution in [0.3, 0.4) is 0 Å². The summed E-state index contributed by atoms with van der Waals surface area (Å²) in [6, 6.07) is 12.3. The number of aromatic nitrogens is 1. The summed E-state index contributed by atoms with van der Waals surface area (Å²) in [4.78, 5) is 24.5. The average molecular weight is 199 g/mol. The van der Waals surface area contributed by atoms with Crippen molar-refractivity contribution in [2.24, 2.45) is 0 Å². The molecular formula is C12H9NO2. The quantitative estimate of drug-likeness (QED) is 0.750. The van der Waals surface area contributed by atoms with Crippen LogP contribution in [0.15, 0.2) is 47.3 Å². The van der Waals surface area contributed by atoms with Gasteiger partial charge in [-0.1, -0.05) is 30.3 Å². The van der Waals surface area contributed by atoms with E-state index in [4.69, 9.17) is 0 Å². The highest BCUT2D eigenvalue weighted by Crippen LogP contribution is 2.14. The molecule has 0 amide bonds. The van der Waals surface area contributed by atoms with Crippen LogP contribution >= 0.6 is 0 Å². The fourth-order valence-electron chi connectivity index (χ4n) is 1.41. The smallest absolute Gasteiger partial charge is 0.249 e.